The summed E-state index contributed by atoms with van der Waals surface area (Å²) < 4.78 is 41.3. The largest absolute Gasteiger partial charge is 0.414 e. The van der Waals surface area contributed by atoms with Crippen LogP contribution in [-0.2, 0) is 4.74 Å². The second kappa shape index (κ2) is 9.55. The van der Waals surface area contributed by atoms with E-state index in [1.807, 2.05) is 0 Å². The van der Waals surface area contributed by atoms with Gasteiger partial charge < -0.3 is 14.7 Å². The zero-order valence-electron chi connectivity index (χ0n) is 12.0. The first-order valence-electron chi connectivity index (χ1n) is 6.93. The van der Waals surface area contributed by atoms with Crippen molar-refractivity contribution in [1.82, 2.24) is 4.90 Å². The van der Waals surface area contributed by atoms with Crippen molar-refractivity contribution >= 4 is 0 Å². The predicted molar refractivity (Wildman–Crippen MR) is 68.9 cm³/mol. The highest BCUT2D eigenvalue weighted by Gasteiger charge is 2.38. The summed E-state index contributed by atoms with van der Waals surface area (Å²) in [5, 5.41) is 9.48. The average molecular weight is 285 g/mol. The van der Waals surface area contributed by atoms with Gasteiger partial charge in [-0.2, -0.15) is 13.2 Å². The number of nitrogens with zero attached hydrogens (tertiary/aromatic N) is 1. The molecule has 116 valence electrons. The van der Waals surface area contributed by atoms with Gasteiger partial charge in [-0.25, -0.2) is 0 Å². The summed E-state index contributed by atoms with van der Waals surface area (Å²) in [7, 11) is 0. The van der Waals surface area contributed by atoms with Crippen LogP contribution in [0.2, 0.25) is 0 Å². The first-order valence-corrected chi connectivity index (χ1v) is 6.93. The van der Waals surface area contributed by atoms with Crippen LogP contribution in [0.5, 0.6) is 0 Å². The Morgan fingerprint density at radius 3 is 2.21 bits per heavy atom. The van der Waals surface area contributed by atoms with Crippen molar-refractivity contribution in [3.8, 4) is 0 Å². The number of ether oxygens (including phenoxy) is 1. The lowest BCUT2D eigenvalue weighted by atomic mass is 10.2. The molecule has 0 rings (SSSR count). The van der Waals surface area contributed by atoms with Crippen LogP contribution in [-0.4, -0.2) is 48.2 Å². The van der Waals surface area contributed by atoms with Crippen molar-refractivity contribution in [2.24, 2.45) is 0 Å². The number of unbranched alkanes of at least 4 members (excludes halogenated alkanes) is 1. The number of halogens is 3. The molecule has 0 heterocycles. The summed E-state index contributed by atoms with van der Waals surface area (Å²) in [4.78, 5) is 2.15. The minimum atomic E-state index is -4.42. The highest BCUT2D eigenvalue weighted by molar-refractivity contribution is 4.63. The minimum Gasteiger partial charge on any atom is -0.368 e. The second-order valence-electron chi connectivity index (χ2n) is 4.76. The van der Waals surface area contributed by atoms with Crippen molar-refractivity contribution in [3.05, 3.63) is 0 Å². The quantitative estimate of drug-likeness (QED) is 0.626. The molecule has 0 amide bonds. The Bertz CT molecular complexity index is 224. The van der Waals surface area contributed by atoms with Gasteiger partial charge in [0.2, 0.25) is 0 Å². The van der Waals surface area contributed by atoms with Crippen LogP contribution in [0, 0.1) is 0 Å². The highest BCUT2D eigenvalue weighted by atomic mass is 19.4. The molecular formula is C13H26F3NO2. The van der Waals surface area contributed by atoms with Crippen molar-refractivity contribution in [2.75, 3.05) is 19.6 Å². The fourth-order valence-corrected chi connectivity index (χ4v) is 1.71. The average Bonchev–Trinajstić information content (AvgIpc) is 2.31. The molecule has 2 atom stereocenters. The third-order valence-corrected chi connectivity index (χ3v) is 2.88. The van der Waals surface area contributed by atoms with E-state index in [4.69, 9.17) is 0 Å². The third kappa shape index (κ3) is 9.24. The first-order chi connectivity index (χ1) is 8.81. The molecule has 0 aliphatic rings. The van der Waals surface area contributed by atoms with Gasteiger partial charge in [0.1, 0.15) is 0 Å². The van der Waals surface area contributed by atoms with Crippen LogP contribution in [0.4, 0.5) is 13.2 Å². The molecule has 0 bridgehead atoms. The van der Waals surface area contributed by atoms with Crippen molar-refractivity contribution < 1.29 is 23.0 Å². The van der Waals surface area contributed by atoms with Crippen LogP contribution in [0.1, 0.15) is 46.5 Å². The second-order valence-corrected chi connectivity index (χ2v) is 4.76. The van der Waals surface area contributed by atoms with Gasteiger partial charge in [-0.15, -0.1) is 0 Å². The van der Waals surface area contributed by atoms with Gasteiger partial charge in [-0.05, 0) is 32.9 Å². The summed E-state index contributed by atoms with van der Waals surface area (Å²) in [6.45, 7) is 7.40. The lowest BCUT2D eigenvalue weighted by Crippen LogP contribution is -2.35. The molecule has 19 heavy (non-hydrogen) atoms. The van der Waals surface area contributed by atoms with E-state index in [-0.39, 0.29) is 6.42 Å². The van der Waals surface area contributed by atoms with E-state index in [0.717, 1.165) is 39.3 Å². The van der Waals surface area contributed by atoms with Gasteiger partial charge in [0.25, 0.3) is 0 Å². The Labute approximate surface area is 113 Å². The molecule has 0 aromatic rings. The fourth-order valence-electron chi connectivity index (χ4n) is 1.71. The zero-order valence-corrected chi connectivity index (χ0v) is 12.0. The van der Waals surface area contributed by atoms with Crippen LogP contribution in [0.15, 0.2) is 0 Å². The highest BCUT2D eigenvalue weighted by Crippen LogP contribution is 2.23. The number of hydrogen-bond donors (Lipinski definition) is 1. The van der Waals surface area contributed by atoms with Gasteiger partial charge in [0, 0.05) is 13.0 Å². The smallest absolute Gasteiger partial charge is 0.368 e. The van der Waals surface area contributed by atoms with E-state index in [9.17, 15) is 18.3 Å². The van der Waals surface area contributed by atoms with E-state index in [2.05, 4.69) is 23.5 Å². The Kier molecular flexibility index (Phi) is 9.39. The van der Waals surface area contributed by atoms with Gasteiger partial charge >= 0.3 is 6.18 Å². The van der Waals surface area contributed by atoms with Gasteiger partial charge in [-0.1, -0.05) is 20.3 Å². The summed E-state index contributed by atoms with van der Waals surface area (Å²) >= 11 is 0. The molecule has 0 aromatic carbocycles. The standard InChI is InChI=1S/C13H26F3NO2/c1-4-6-9-17(8-5-2)10-7-12(18)19-11(3)13(14,15)16/h11-12,18H,4-10H2,1-3H3. The molecule has 1 N–H and O–H groups in total. The van der Waals surface area contributed by atoms with Crippen molar-refractivity contribution in [3.63, 3.8) is 0 Å². The van der Waals surface area contributed by atoms with Gasteiger partial charge in [0.15, 0.2) is 12.4 Å². The van der Waals surface area contributed by atoms with Gasteiger partial charge in [0.05, 0.1) is 0 Å². The topological polar surface area (TPSA) is 32.7 Å². The summed E-state index contributed by atoms with van der Waals surface area (Å²) in [5.74, 6) is 0. The summed E-state index contributed by atoms with van der Waals surface area (Å²) in [5.41, 5.74) is 0. The van der Waals surface area contributed by atoms with E-state index < -0.39 is 18.6 Å². The zero-order chi connectivity index (χ0) is 14.9. The fraction of sp³-hybridized carbons (Fsp3) is 1.00. The van der Waals surface area contributed by atoms with E-state index in [1.165, 1.54) is 0 Å². The van der Waals surface area contributed by atoms with E-state index >= 15 is 0 Å². The molecule has 0 aliphatic heterocycles. The molecule has 0 saturated heterocycles. The van der Waals surface area contributed by atoms with Crippen LogP contribution < -0.4 is 0 Å². The molecule has 6 heteroatoms. The molecule has 2 unspecified atom stereocenters. The SMILES string of the molecule is CCCCN(CCC)CCC(O)OC(C)C(F)(F)F. The molecule has 0 spiro atoms. The normalized spacial score (nSPS) is 15.8. The Morgan fingerprint density at radius 2 is 1.74 bits per heavy atom. The monoisotopic (exact) mass is 285 g/mol. The van der Waals surface area contributed by atoms with Crippen LogP contribution in [0.25, 0.3) is 0 Å². The molecule has 0 saturated carbocycles. The minimum absolute atomic E-state index is 0.199. The molecule has 0 fully saturated rings. The summed E-state index contributed by atoms with van der Waals surface area (Å²) in [6.07, 6.45) is -4.41. The molecule has 3 nitrogen and oxygen atoms in total. The maximum Gasteiger partial charge on any atom is 0.414 e. The maximum absolute atomic E-state index is 12.2. The maximum atomic E-state index is 12.2. The Hall–Kier alpha value is -0.330. The molecular weight excluding hydrogens is 259 g/mol. The number of aliphatic hydroxyl groups excluding tert-OH is 1. The van der Waals surface area contributed by atoms with Crippen LogP contribution >= 0.6 is 0 Å². The number of aliphatic hydroxyl groups is 1. The van der Waals surface area contributed by atoms with E-state index in [1.54, 1.807) is 0 Å². The number of alkyl halides is 3. The Morgan fingerprint density at radius 1 is 1.11 bits per heavy atom. The number of rotatable bonds is 10. The van der Waals surface area contributed by atoms with Crippen molar-refractivity contribution in [1.29, 1.82) is 0 Å². The lowest BCUT2D eigenvalue weighted by molar-refractivity contribution is -0.257. The Balaban J connectivity index is 3.99. The molecule has 0 radical (unpaired) electrons. The summed E-state index contributed by atoms with van der Waals surface area (Å²) in [6, 6.07) is 0. The van der Waals surface area contributed by atoms with Gasteiger partial charge in [-0.3, -0.25) is 0 Å². The lowest BCUT2D eigenvalue weighted by Gasteiger charge is -2.25. The van der Waals surface area contributed by atoms with E-state index in [0.29, 0.717) is 6.54 Å². The third-order valence-electron chi connectivity index (χ3n) is 2.88. The molecule has 0 aliphatic carbocycles. The first kappa shape index (κ1) is 18.7. The number of hydrogen-bond acceptors (Lipinski definition) is 3. The predicted octanol–water partition coefficient (Wildman–Crippen LogP) is 3.17. The van der Waals surface area contributed by atoms with Crippen LogP contribution in [0.3, 0.4) is 0 Å². The van der Waals surface area contributed by atoms with Crippen molar-refractivity contribution in [2.45, 2.75) is 65.0 Å². The molecule has 0 aromatic heterocycles.